The van der Waals surface area contributed by atoms with E-state index in [1.807, 2.05) is 11.9 Å². The zero-order valence-corrected chi connectivity index (χ0v) is 11.0. The number of carbonyl (C=O) groups is 1. The fourth-order valence-electron chi connectivity index (χ4n) is 2.51. The molecule has 16 heavy (non-hydrogen) atoms. The van der Waals surface area contributed by atoms with Crippen molar-refractivity contribution in [1.82, 2.24) is 10.2 Å². The number of nitrogens with one attached hydrogen (secondary N) is 1. The average Bonchev–Trinajstić information content (AvgIpc) is 2.28. The van der Waals surface area contributed by atoms with Crippen LogP contribution >= 0.6 is 0 Å². The summed E-state index contributed by atoms with van der Waals surface area (Å²) in [5, 5.41) is 3.20. The minimum absolute atomic E-state index is 0.292. The van der Waals surface area contributed by atoms with Crippen molar-refractivity contribution in [2.75, 3.05) is 20.1 Å². The van der Waals surface area contributed by atoms with E-state index in [-0.39, 0.29) is 0 Å². The molecule has 1 amide bonds. The second-order valence-electron chi connectivity index (χ2n) is 5.03. The summed E-state index contributed by atoms with van der Waals surface area (Å²) in [6, 6.07) is 0.484. The van der Waals surface area contributed by atoms with E-state index in [9.17, 15) is 4.79 Å². The van der Waals surface area contributed by atoms with Gasteiger partial charge in [0, 0.05) is 26.1 Å². The van der Waals surface area contributed by atoms with Gasteiger partial charge in [0.05, 0.1) is 0 Å². The molecule has 1 N–H and O–H groups in total. The van der Waals surface area contributed by atoms with E-state index in [0.29, 0.717) is 18.4 Å². The molecule has 2 atom stereocenters. The maximum atomic E-state index is 11.9. The lowest BCUT2D eigenvalue weighted by molar-refractivity contribution is -0.132. The molecule has 3 nitrogen and oxygen atoms in total. The van der Waals surface area contributed by atoms with Crippen molar-refractivity contribution in [2.45, 2.75) is 52.0 Å². The highest BCUT2D eigenvalue weighted by molar-refractivity contribution is 5.76. The summed E-state index contributed by atoms with van der Waals surface area (Å²) >= 11 is 0. The Labute approximate surface area is 99.6 Å². The molecule has 0 heterocycles. The van der Waals surface area contributed by atoms with E-state index in [0.717, 1.165) is 19.0 Å². The van der Waals surface area contributed by atoms with E-state index in [2.05, 4.69) is 19.2 Å². The fourth-order valence-corrected chi connectivity index (χ4v) is 2.51. The predicted molar refractivity (Wildman–Crippen MR) is 67.4 cm³/mol. The van der Waals surface area contributed by atoms with Crippen molar-refractivity contribution in [1.29, 1.82) is 0 Å². The highest BCUT2D eigenvalue weighted by atomic mass is 16.2. The van der Waals surface area contributed by atoms with Gasteiger partial charge in [-0.2, -0.15) is 0 Å². The van der Waals surface area contributed by atoms with Gasteiger partial charge < -0.3 is 10.2 Å². The van der Waals surface area contributed by atoms with E-state index in [1.165, 1.54) is 25.7 Å². The zero-order chi connectivity index (χ0) is 12.0. The zero-order valence-electron chi connectivity index (χ0n) is 11.0. The molecule has 0 aromatic heterocycles. The standard InChI is InChI=1S/C13H26N2O/c1-4-14-9-8-13(16)15(3)12-7-5-6-11(2)10-12/h11-12,14H,4-10H2,1-3H3. The molecule has 0 radical (unpaired) electrons. The van der Waals surface area contributed by atoms with Crippen LogP contribution in [0.1, 0.15) is 46.0 Å². The van der Waals surface area contributed by atoms with E-state index >= 15 is 0 Å². The summed E-state index contributed by atoms with van der Waals surface area (Å²) in [4.78, 5) is 13.9. The van der Waals surface area contributed by atoms with Crippen molar-refractivity contribution in [3.05, 3.63) is 0 Å². The molecule has 2 unspecified atom stereocenters. The molecular weight excluding hydrogens is 200 g/mol. The first kappa shape index (κ1) is 13.5. The second-order valence-corrected chi connectivity index (χ2v) is 5.03. The predicted octanol–water partition coefficient (Wildman–Crippen LogP) is 2.02. The number of amides is 1. The van der Waals surface area contributed by atoms with Gasteiger partial charge in [0.25, 0.3) is 0 Å². The van der Waals surface area contributed by atoms with Crippen LogP contribution in [0, 0.1) is 5.92 Å². The monoisotopic (exact) mass is 226 g/mol. The lowest BCUT2D eigenvalue weighted by atomic mass is 9.86. The molecule has 1 aliphatic carbocycles. The quantitative estimate of drug-likeness (QED) is 0.727. The summed E-state index contributed by atoms with van der Waals surface area (Å²) in [6.45, 7) is 6.11. The molecule has 1 fully saturated rings. The summed E-state index contributed by atoms with van der Waals surface area (Å²) in [5.74, 6) is 1.07. The summed E-state index contributed by atoms with van der Waals surface area (Å²) in [5.41, 5.74) is 0. The number of carbonyl (C=O) groups excluding carboxylic acids is 1. The van der Waals surface area contributed by atoms with Crippen molar-refractivity contribution in [3.63, 3.8) is 0 Å². The molecule has 0 aliphatic heterocycles. The van der Waals surface area contributed by atoms with Gasteiger partial charge in [-0.15, -0.1) is 0 Å². The smallest absolute Gasteiger partial charge is 0.223 e. The largest absolute Gasteiger partial charge is 0.343 e. The first-order chi connectivity index (χ1) is 7.65. The van der Waals surface area contributed by atoms with Crippen LogP contribution in [0.15, 0.2) is 0 Å². The minimum atomic E-state index is 0.292. The van der Waals surface area contributed by atoms with Gasteiger partial charge in [0.2, 0.25) is 5.91 Å². The topological polar surface area (TPSA) is 32.3 Å². The Bertz CT molecular complexity index is 218. The summed E-state index contributed by atoms with van der Waals surface area (Å²) in [6.07, 6.45) is 5.61. The number of rotatable bonds is 5. The van der Waals surface area contributed by atoms with Gasteiger partial charge >= 0.3 is 0 Å². The van der Waals surface area contributed by atoms with E-state index < -0.39 is 0 Å². The van der Waals surface area contributed by atoms with E-state index in [4.69, 9.17) is 0 Å². The lowest BCUT2D eigenvalue weighted by Crippen LogP contribution is -2.40. The molecule has 0 bridgehead atoms. The highest BCUT2D eigenvalue weighted by Crippen LogP contribution is 2.26. The van der Waals surface area contributed by atoms with Crippen LogP contribution in [0.4, 0.5) is 0 Å². The maximum absolute atomic E-state index is 11.9. The molecule has 1 saturated carbocycles. The maximum Gasteiger partial charge on any atom is 0.223 e. The van der Waals surface area contributed by atoms with Crippen LogP contribution < -0.4 is 5.32 Å². The molecule has 1 rings (SSSR count). The van der Waals surface area contributed by atoms with Gasteiger partial charge in [-0.3, -0.25) is 4.79 Å². The second kappa shape index (κ2) is 6.89. The molecule has 0 saturated heterocycles. The third-order valence-corrected chi connectivity index (χ3v) is 3.62. The summed E-state index contributed by atoms with van der Waals surface area (Å²) in [7, 11) is 1.97. The highest BCUT2D eigenvalue weighted by Gasteiger charge is 2.24. The molecule has 0 aromatic carbocycles. The van der Waals surface area contributed by atoms with Crippen molar-refractivity contribution in [2.24, 2.45) is 5.92 Å². The molecule has 0 spiro atoms. The van der Waals surface area contributed by atoms with Crippen LogP contribution in [0.3, 0.4) is 0 Å². The van der Waals surface area contributed by atoms with Crippen molar-refractivity contribution >= 4 is 5.91 Å². The number of hydrogen-bond donors (Lipinski definition) is 1. The Kier molecular flexibility index (Phi) is 5.81. The van der Waals surface area contributed by atoms with Crippen LogP contribution in [0.25, 0.3) is 0 Å². The molecular formula is C13H26N2O. The van der Waals surface area contributed by atoms with Crippen LogP contribution in [0.2, 0.25) is 0 Å². The van der Waals surface area contributed by atoms with E-state index in [1.54, 1.807) is 0 Å². The van der Waals surface area contributed by atoms with Gasteiger partial charge in [0.15, 0.2) is 0 Å². The first-order valence-electron chi connectivity index (χ1n) is 6.61. The average molecular weight is 226 g/mol. The van der Waals surface area contributed by atoms with Gasteiger partial charge in [-0.25, -0.2) is 0 Å². The Balaban J connectivity index is 2.31. The Morgan fingerprint density at radius 3 is 2.81 bits per heavy atom. The number of nitrogens with zero attached hydrogens (tertiary/aromatic N) is 1. The molecule has 1 aliphatic rings. The normalized spacial score (nSPS) is 25.4. The third kappa shape index (κ3) is 4.12. The Morgan fingerprint density at radius 1 is 1.44 bits per heavy atom. The van der Waals surface area contributed by atoms with Gasteiger partial charge in [0.1, 0.15) is 0 Å². The SMILES string of the molecule is CCNCCC(=O)N(C)C1CCCC(C)C1. The molecule has 94 valence electrons. The molecule has 3 heteroatoms. The Morgan fingerprint density at radius 2 is 2.19 bits per heavy atom. The van der Waals surface area contributed by atoms with Crippen LogP contribution in [-0.2, 0) is 4.79 Å². The summed E-state index contributed by atoms with van der Waals surface area (Å²) < 4.78 is 0. The van der Waals surface area contributed by atoms with Gasteiger partial charge in [-0.05, 0) is 25.3 Å². The van der Waals surface area contributed by atoms with Crippen LogP contribution in [0.5, 0.6) is 0 Å². The third-order valence-electron chi connectivity index (χ3n) is 3.62. The van der Waals surface area contributed by atoms with Gasteiger partial charge in [-0.1, -0.05) is 26.7 Å². The van der Waals surface area contributed by atoms with Crippen molar-refractivity contribution < 1.29 is 4.79 Å². The molecule has 0 aromatic rings. The van der Waals surface area contributed by atoms with Crippen molar-refractivity contribution in [3.8, 4) is 0 Å². The lowest BCUT2D eigenvalue weighted by Gasteiger charge is -2.34. The first-order valence-corrected chi connectivity index (χ1v) is 6.61. The minimum Gasteiger partial charge on any atom is -0.343 e. The van der Waals surface area contributed by atoms with Crippen LogP contribution in [-0.4, -0.2) is 37.0 Å². The Hall–Kier alpha value is -0.570. The number of hydrogen-bond acceptors (Lipinski definition) is 2. The fraction of sp³-hybridized carbons (Fsp3) is 0.923.